The Hall–Kier alpha value is -2.33. The van der Waals surface area contributed by atoms with E-state index in [1.807, 2.05) is 58.0 Å². The van der Waals surface area contributed by atoms with Crippen LogP contribution in [0.5, 0.6) is 0 Å². The van der Waals surface area contributed by atoms with Crippen molar-refractivity contribution in [2.75, 3.05) is 4.90 Å². The Morgan fingerprint density at radius 2 is 1.56 bits per heavy atom. The SMILES string of the molecule is C/C(=C1/SC(=O)N(c2cc(C)ccc2C)C1=O)c1ccc(C)c(C)c1. The van der Waals surface area contributed by atoms with E-state index < -0.39 is 0 Å². The average Bonchev–Trinajstić information content (AvgIpc) is 2.86. The number of hydrogen-bond donors (Lipinski definition) is 0. The number of imide groups is 1. The molecule has 25 heavy (non-hydrogen) atoms. The Kier molecular flexibility index (Phi) is 4.56. The lowest BCUT2D eigenvalue weighted by molar-refractivity contribution is -0.113. The molecule has 2 amide bonds. The van der Waals surface area contributed by atoms with Crippen LogP contribution in [0.1, 0.15) is 34.7 Å². The normalized spacial score (nSPS) is 16.6. The summed E-state index contributed by atoms with van der Waals surface area (Å²) in [5.41, 5.74) is 6.82. The molecular formula is C21H21NO2S. The van der Waals surface area contributed by atoms with E-state index in [4.69, 9.17) is 0 Å². The van der Waals surface area contributed by atoms with Crippen LogP contribution in [0.15, 0.2) is 41.3 Å². The summed E-state index contributed by atoms with van der Waals surface area (Å²) in [5.74, 6) is -0.237. The van der Waals surface area contributed by atoms with Gasteiger partial charge in [-0.3, -0.25) is 9.59 Å². The zero-order valence-corrected chi connectivity index (χ0v) is 16.0. The van der Waals surface area contributed by atoms with E-state index in [9.17, 15) is 9.59 Å². The molecule has 4 heteroatoms. The quantitative estimate of drug-likeness (QED) is 0.666. The van der Waals surface area contributed by atoms with E-state index in [2.05, 4.69) is 13.0 Å². The molecule has 0 radical (unpaired) electrons. The molecule has 1 aliphatic rings. The lowest BCUT2D eigenvalue weighted by Gasteiger charge is -2.16. The summed E-state index contributed by atoms with van der Waals surface area (Å²) in [4.78, 5) is 27.3. The standard InChI is InChI=1S/C21H21NO2S/c1-12-6-7-14(3)18(10-12)22-20(23)19(25-21(22)24)16(5)17-9-8-13(2)15(4)11-17/h6-11H,1-5H3/b19-16-. The summed E-state index contributed by atoms with van der Waals surface area (Å²) in [6, 6.07) is 11.9. The van der Waals surface area contributed by atoms with E-state index in [1.54, 1.807) is 0 Å². The molecule has 128 valence electrons. The van der Waals surface area contributed by atoms with Crippen molar-refractivity contribution < 1.29 is 9.59 Å². The molecule has 0 atom stereocenters. The molecule has 1 heterocycles. The Balaban J connectivity index is 2.06. The highest BCUT2D eigenvalue weighted by atomic mass is 32.2. The van der Waals surface area contributed by atoms with E-state index in [0.717, 1.165) is 34.0 Å². The van der Waals surface area contributed by atoms with Gasteiger partial charge in [0, 0.05) is 0 Å². The number of rotatable bonds is 2. The highest BCUT2D eigenvalue weighted by molar-refractivity contribution is 8.19. The molecule has 3 nitrogen and oxygen atoms in total. The van der Waals surface area contributed by atoms with Crippen LogP contribution in [0.4, 0.5) is 10.5 Å². The van der Waals surface area contributed by atoms with Crippen molar-refractivity contribution in [3.05, 3.63) is 69.1 Å². The fourth-order valence-corrected chi connectivity index (χ4v) is 3.77. The molecule has 0 spiro atoms. The summed E-state index contributed by atoms with van der Waals surface area (Å²) in [5, 5.41) is -0.239. The summed E-state index contributed by atoms with van der Waals surface area (Å²) in [7, 11) is 0. The number of hydrogen-bond acceptors (Lipinski definition) is 3. The van der Waals surface area contributed by atoms with E-state index in [0.29, 0.717) is 10.6 Å². The number of allylic oxidation sites excluding steroid dienone is 1. The van der Waals surface area contributed by atoms with Gasteiger partial charge in [0.1, 0.15) is 0 Å². The fraction of sp³-hybridized carbons (Fsp3) is 0.238. The third-order valence-electron chi connectivity index (χ3n) is 4.66. The van der Waals surface area contributed by atoms with Crippen LogP contribution < -0.4 is 4.90 Å². The number of nitrogens with zero attached hydrogens (tertiary/aromatic N) is 1. The number of thioether (sulfide) groups is 1. The maximum absolute atomic E-state index is 13.0. The smallest absolute Gasteiger partial charge is 0.268 e. The monoisotopic (exact) mass is 351 g/mol. The van der Waals surface area contributed by atoms with Gasteiger partial charge in [-0.05, 0) is 85.8 Å². The van der Waals surface area contributed by atoms with Crippen molar-refractivity contribution in [2.45, 2.75) is 34.6 Å². The molecule has 0 unspecified atom stereocenters. The van der Waals surface area contributed by atoms with Crippen molar-refractivity contribution in [1.29, 1.82) is 0 Å². The highest BCUT2D eigenvalue weighted by Crippen LogP contribution is 2.40. The van der Waals surface area contributed by atoms with Crippen molar-refractivity contribution in [1.82, 2.24) is 0 Å². The van der Waals surface area contributed by atoms with Gasteiger partial charge in [0.05, 0.1) is 10.6 Å². The lowest BCUT2D eigenvalue weighted by Crippen LogP contribution is -2.28. The number of aryl methyl sites for hydroxylation is 4. The summed E-state index contributed by atoms with van der Waals surface area (Å²) in [6.07, 6.45) is 0. The van der Waals surface area contributed by atoms with Gasteiger partial charge in [0.2, 0.25) is 0 Å². The van der Waals surface area contributed by atoms with Crippen LogP contribution in [0.2, 0.25) is 0 Å². The van der Waals surface area contributed by atoms with Crippen LogP contribution >= 0.6 is 11.8 Å². The van der Waals surface area contributed by atoms with Gasteiger partial charge in [-0.1, -0.05) is 30.3 Å². The first-order valence-corrected chi connectivity index (χ1v) is 9.03. The first-order chi connectivity index (χ1) is 11.8. The summed E-state index contributed by atoms with van der Waals surface area (Å²) < 4.78 is 0. The van der Waals surface area contributed by atoms with Gasteiger partial charge in [-0.2, -0.15) is 0 Å². The van der Waals surface area contributed by atoms with Crippen LogP contribution in [-0.4, -0.2) is 11.1 Å². The average molecular weight is 351 g/mol. The Bertz CT molecular complexity index is 927. The molecule has 0 N–H and O–H groups in total. The molecular weight excluding hydrogens is 330 g/mol. The topological polar surface area (TPSA) is 37.4 Å². The zero-order chi connectivity index (χ0) is 18.3. The first-order valence-electron chi connectivity index (χ1n) is 8.21. The lowest BCUT2D eigenvalue weighted by atomic mass is 10.0. The van der Waals surface area contributed by atoms with E-state index in [-0.39, 0.29) is 11.1 Å². The fourth-order valence-electron chi connectivity index (χ4n) is 2.87. The maximum Gasteiger partial charge on any atom is 0.298 e. The maximum atomic E-state index is 13.0. The Labute approximate surface area is 152 Å². The molecule has 1 aliphatic heterocycles. The molecule has 2 aromatic rings. The number of anilines is 1. The van der Waals surface area contributed by atoms with Gasteiger partial charge in [-0.15, -0.1) is 0 Å². The molecule has 0 aliphatic carbocycles. The Morgan fingerprint density at radius 1 is 0.880 bits per heavy atom. The van der Waals surface area contributed by atoms with Crippen molar-refractivity contribution >= 4 is 34.2 Å². The first kappa shape index (κ1) is 17.5. The second kappa shape index (κ2) is 6.52. The predicted octanol–water partition coefficient (Wildman–Crippen LogP) is 5.55. The predicted molar refractivity (Wildman–Crippen MR) is 105 cm³/mol. The van der Waals surface area contributed by atoms with Crippen LogP contribution in [-0.2, 0) is 4.79 Å². The highest BCUT2D eigenvalue weighted by Gasteiger charge is 2.38. The third kappa shape index (κ3) is 3.14. The number of benzene rings is 2. The minimum absolute atomic E-state index is 0.237. The largest absolute Gasteiger partial charge is 0.298 e. The van der Waals surface area contributed by atoms with Crippen LogP contribution in [0, 0.1) is 27.7 Å². The van der Waals surface area contributed by atoms with Crippen molar-refractivity contribution in [3.63, 3.8) is 0 Å². The van der Waals surface area contributed by atoms with Gasteiger partial charge in [-0.25, -0.2) is 4.90 Å². The third-order valence-corrected chi connectivity index (χ3v) is 5.70. The van der Waals surface area contributed by atoms with Gasteiger partial charge >= 0.3 is 0 Å². The number of carbonyl (C=O) groups is 2. The number of carbonyl (C=O) groups excluding carboxylic acids is 2. The minimum Gasteiger partial charge on any atom is -0.268 e. The van der Waals surface area contributed by atoms with Gasteiger partial charge in [0.25, 0.3) is 11.1 Å². The van der Waals surface area contributed by atoms with E-state index in [1.165, 1.54) is 16.0 Å². The second-order valence-electron chi connectivity index (χ2n) is 6.55. The Morgan fingerprint density at radius 3 is 2.24 bits per heavy atom. The molecule has 1 fully saturated rings. The minimum atomic E-state index is -0.239. The molecule has 2 aromatic carbocycles. The van der Waals surface area contributed by atoms with Crippen molar-refractivity contribution in [2.24, 2.45) is 0 Å². The molecule has 0 saturated carbocycles. The van der Waals surface area contributed by atoms with Crippen LogP contribution in [0.25, 0.3) is 5.57 Å². The molecule has 3 rings (SSSR count). The molecule has 0 bridgehead atoms. The second-order valence-corrected chi connectivity index (χ2v) is 7.51. The summed E-state index contributed by atoms with van der Waals surface area (Å²) in [6.45, 7) is 9.89. The summed E-state index contributed by atoms with van der Waals surface area (Å²) >= 11 is 1.02. The van der Waals surface area contributed by atoms with Gasteiger partial charge in [0.15, 0.2) is 0 Å². The number of amides is 2. The molecule has 1 saturated heterocycles. The molecule has 0 aromatic heterocycles. The van der Waals surface area contributed by atoms with E-state index >= 15 is 0 Å². The van der Waals surface area contributed by atoms with Crippen molar-refractivity contribution in [3.8, 4) is 0 Å². The zero-order valence-electron chi connectivity index (χ0n) is 15.1. The van der Waals surface area contributed by atoms with Crippen LogP contribution in [0.3, 0.4) is 0 Å². The van der Waals surface area contributed by atoms with Gasteiger partial charge < -0.3 is 0 Å².